The number of aromatic amines is 1. The largest absolute Gasteiger partial charge is 0.368 e. The Bertz CT molecular complexity index is 888. The quantitative estimate of drug-likeness (QED) is 0.785. The van der Waals surface area contributed by atoms with E-state index in [1.807, 2.05) is 0 Å². The van der Waals surface area contributed by atoms with E-state index in [4.69, 9.17) is 17.3 Å². The first-order valence-corrected chi connectivity index (χ1v) is 7.59. The van der Waals surface area contributed by atoms with Crippen LogP contribution in [0.5, 0.6) is 0 Å². The lowest BCUT2D eigenvalue weighted by atomic mass is 10.0. The number of rotatable bonds is 4. The maximum atomic E-state index is 14.5. The number of nitrogens with one attached hydrogen (secondary N) is 2. The third-order valence-electron chi connectivity index (χ3n) is 3.83. The molecular formula is C16H14ClFN4O2. The number of fused-ring (bicyclic) bond motifs is 1. The molecule has 1 aliphatic heterocycles. The van der Waals surface area contributed by atoms with Gasteiger partial charge in [0.15, 0.2) is 0 Å². The molecule has 124 valence electrons. The molecule has 2 aromatic rings. The summed E-state index contributed by atoms with van der Waals surface area (Å²) in [5.74, 6) is -1.47. The smallest absolute Gasteiger partial charge is 0.247 e. The van der Waals surface area contributed by atoms with E-state index in [1.54, 1.807) is 12.1 Å². The zero-order chi connectivity index (χ0) is 17.3. The molecule has 1 atom stereocenters. The number of hydrogen-bond acceptors (Lipinski definition) is 3. The molecule has 4 N–H and O–H groups in total. The molecule has 1 aromatic carbocycles. The monoisotopic (exact) mass is 348 g/mol. The van der Waals surface area contributed by atoms with Crippen LogP contribution >= 0.6 is 11.6 Å². The van der Waals surface area contributed by atoms with E-state index in [2.05, 4.69) is 15.3 Å². The number of dihydropyridines is 1. The van der Waals surface area contributed by atoms with Gasteiger partial charge >= 0.3 is 0 Å². The first-order chi connectivity index (χ1) is 11.5. The van der Waals surface area contributed by atoms with Gasteiger partial charge in [-0.2, -0.15) is 0 Å². The van der Waals surface area contributed by atoms with Crippen molar-refractivity contribution in [3.05, 3.63) is 46.4 Å². The minimum Gasteiger partial charge on any atom is -0.368 e. The first-order valence-electron chi connectivity index (χ1n) is 7.21. The number of carbonyl (C=O) groups excluding carboxylic acids is 2. The van der Waals surface area contributed by atoms with E-state index in [0.29, 0.717) is 22.0 Å². The third-order valence-corrected chi connectivity index (χ3v) is 4.13. The molecule has 2 heterocycles. The van der Waals surface area contributed by atoms with Crippen LogP contribution in [0.15, 0.2) is 35.0 Å². The molecule has 1 aromatic heterocycles. The van der Waals surface area contributed by atoms with E-state index in [0.717, 1.165) is 0 Å². The Hall–Kier alpha value is -2.67. The standard InChI is InChI=1S/C16H14ClFN4O2/c17-10-7-21-11-2-1-9(14(18)13(10)11)6-22-16(24)8-3-4-20-12(5-8)15(19)23/h1-4,7,12,21H,5-6H2,(H2,19,23)(H,22,24)/t12-/m1/s1. The fourth-order valence-electron chi connectivity index (χ4n) is 2.52. The van der Waals surface area contributed by atoms with Crippen LogP contribution in [0.1, 0.15) is 12.0 Å². The number of aromatic nitrogens is 1. The highest BCUT2D eigenvalue weighted by molar-refractivity contribution is 6.35. The summed E-state index contributed by atoms with van der Waals surface area (Å²) in [5.41, 5.74) is 6.46. The van der Waals surface area contributed by atoms with Gasteiger partial charge in [0.2, 0.25) is 11.8 Å². The molecule has 0 radical (unpaired) electrons. The van der Waals surface area contributed by atoms with Gasteiger partial charge in [-0.15, -0.1) is 0 Å². The van der Waals surface area contributed by atoms with E-state index >= 15 is 0 Å². The highest BCUT2D eigenvalue weighted by atomic mass is 35.5. The van der Waals surface area contributed by atoms with Crippen LogP contribution in [0.25, 0.3) is 10.9 Å². The lowest BCUT2D eigenvalue weighted by Crippen LogP contribution is -2.33. The van der Waals surface area contributed by atoms with Crippen molar-refractivity contribution < 1.29 is 14.0 Å². The molecule has 2 amide bonds. The summed E-state index contributed by atoms with van der Waals surface area (Å²) in [6.45, 7) is -0.00215. The summed E-state index contributed by atoms with van der Waals surface area (Å²) in [6.07, 6.45) is 4.52. The van der Waals surface area contributed by atoms with E-state index in [9.17, 15) is 14.0 Å². The van der Waals surface area contributed by atoms with E-state index < -0.39 is 23.7 Å². The van der Waals surface area contributed by atoms with Crippen molar-refractivity contribution in [1.29, 1.82) is 0 Å². The molecule has 0 saturated heterocycles. The van der Waals surface area contributed by atoms with Crippen molar-refractivity contribution in [2.75, 3.05) is 0 Å². The average Bonchev–Trinajstić information content (AvgIpc) is 2.96. The van der Waals surface area contributed by atoms with E-state index in [-0.39, 0.29) is 18.0 Å². The average molecular weight is 349 g/mol. The molecule has 0 saturated carbocycles. The molecule has 1 aliphatic rings. The number of halogens is 2. The molecular weight excluding hydrogens is 335 g/mol. The highest BCUT2D eigenvalue weighted by Crippen LogP contribution is 2.27. The second-order valence-electron chi connectivity index (χ2n) is 5.39. The summed E-state index contributed by atoms with van der Waals surface area (Å²) in [6, 6.07) is 2.53. The molecule has 0 spiro atoms. The van der Waals surface area contributed by atoms with Gasteiger partial charge in [-0.25, -0.2) is 4.39 Å². The first kappa shape index (κ1) is 16.2. The van der Waals surface area contributed by atoms with Gasteiger partial charge in [0.25, 0.3) is 0 Å². The van der Waals surface area contributed by atoms with Crippen molar-refractivity contribution in [3.63, 3.8) is 0 Å². The minimum absolute atomic E-state index is 0.00215. The van der Waals surface area contributed by atoms with Crippen molar-refractivity contribution in [3.8, 4) is 0 Å². The SMILES string of the molecule is NC(=O)[C@H]1CC(C(=O)NCc2ccc3[nH]cc(Cl)c3c2F)=CC=N1. The Labute approximate surface area is 141 Å². The van der Waals surface area contributed by atoms with Gasteiger partial charge in [0, 0.05) is 42.0 Å². The van der Waals surface area contributed by atoms with Crippen LogP contribution in [0, 0.1) is 5.82 Å². The number of benzene rings is 1. The topological polar surface area (TPSA) is 100 Å². The Morgan fingerprint density at radius 2 is 2.25 bits per heavy atom. The predicted molar refractivity (Wildman–Crippen MR) is 89.3 cm³/mol. The maximum absolute atomic E-state index is 14.5. The van der Waals surface area contributed by atoms with Crippen molar-refractivity contribution in [2.45, 2.75) is 19.0 Å². The number of nitrogens with zero attached hydrogens (tertiary/aromatic N) is 1. The van der Waals surface area contributed by atoms with E-state index in [1.165, 1.54) is 18.5 Å². The van der Waals surface area contributed by atoms with Crippen LogP contribution in [0.2, 0.25) is 5.02 Å². The number of primary amides is 1. The molecule has 0 bridgehead atoms. The summed E-state index contributed by atoms with van der Waals surface area (Å²) in [7, 11) is 0. The van der Waals surface area contributed by atoms with Crippen LogP contribution in [-0.4, -0.2) is 29.1 Å². The van der Waals surface area contributed by atoms with Gasteiger partial charge in [0.1, 0.15) is 11.9 Å². The lowest BCUT2D eigenvalue weighted by molar-refractivity contribution is -0.119. The second-order valence-corrected chi connectivity index (χ2v) is 5.80. The number of H-pyrrole nitrogens is 1. The molecule has 0 unspecified atom stereocenters. The number of amides is 2. The molecule has 0 fully saturated rings. The third kappa shape index (κ3) is 3.03. The lowest BCUT2D eigenvalue weighted by Gasteiger charge is -2.15. The Balaban J connectivity index is 1.72. The summed E-state index contributed by atoms with van der Waals surface area (Å²) in [4.78, 5) is 30.1. The minimum atomic E-state index is -0.748. The van der Waals surface area contributed by atoms with Crippen molar-refractivity contribution in [2.24, 2.45) is 10.7 Å². The van der Waals surface area contributed by atoms with Gasteiger partial charge < -0.3 is 16.0 Å². The maximum Gasteiger partial charge on any atom is 0.247 e. The van der Waals surface area contributed by atoms with Crippen molar-refractivity contribution in [1.82, 2.24) is 10.3 Å². The summed E-state index contributed by atoms with van der Waals surface area (Å²) in [5, 5.41) is 3.21. The number of aliphatic imine (C=N–C) groups is 1. The zero-order valence-electron chi connectivity index (χ0n) is 12.5. The molecule has 0 aliphatic carbocycles. The Morgan fingerprint density at radius 1 is 1.46 bits per heavy atom. The summed E-state index contributed by atoms with van der Waals surface area (Å²) >= 11 is 5.95. The van der Waals surface area contributed by atoms with Crippen LogP contribution in [-0.2, 0) is 16.1 Å². The van der Waals surface area contributed by atoms with Gasteiger partial charge in [-0.05, 0) is 12.1 Å². The van der Waals surface area contributed by atoms with Crippen molar-refractivity contribution >= 4 is 40.5 Å². The normalized spacial score (nSPS) is 16.9. The number of nitrogens with two attached hydrogens (primary N) is 1. The Morgan fingerprint density at radius 3 is 3.00 bits per heavy atom. The molecule has 24 heavy (non-hydrogen) atoms. The predicted octanol–water partition coefficient (Wildman–Crippen LogP) is 1.83. The second kappa shape index (κ2) is 6.45. The van der Waals surface area contributed by atoms with Gasteiger partial charge in [-0.3, -0.25) is 14.6 Å². The van der Waals surface area contributed by atoms with Gasteiger partial charge in [0.05, 0.1) is 10.4 Å². The van der Waals surface area contributed by atoms with Gasteiger partial charge in [-0.1, -0.05) is 17.7 Å². The molecule has 6 nitrogen and oxygen atoms in total. The number of hydrogen-bond donors (Lipinski definition) is 3. The number of carbonyl (C=O) groups is 2. The summed E-state index contributed by atoms with van der Waals surface area (Å²) < 4.78 is 14.5. The van der Waals surface area contributed by atoms with Crippen LogP contribution in [0.4, 0.5) is 4.39 Å². The van der Waals surface area contributed by atoms with Crippen LogP contribution < -0.4 is 11.1 Å². The zero-order valence-corrected chi connectivity index (χ0v) is 13.2. The highest BCUT2D eigenvalue weighted by Gasteiger charge is 2.22. The fraction of sp³-hybridized carbons (Fsp3) is 0.188. The molecule has 3 rings (SSSR count). The Kier molecular flexibility index (Phi) is 4.35. The molecule has 8 heteroatoms. The van der Waals surface area contributed by atoms with Crippen LogP contribution in [0.3, 0.4) is 0 Å². The number of allylic oxidation sites excluding steroid dienone is 1. The fourth-order valence-corrected chi connectivity index (χ4v) is 2.76.